The van der Waals surface area contributed by atoms with Crippen LogP contribution in [0.5, 0.6) is 0 Å². The lowest BCUT2D eigenvalue weighted by Crippen LogP contribution is -2.22. The van der Waals surface area contributed by atoms with Crippen molar-refractivity contribution in [3.05, 3.63) is 0 Å². The van der Waals surface area contributed by atoms with E-state index in [0.29, 0.717) is 6.61 Å². The van der Waals surface area contributed by atoms with E-state index >= 15 is 0 Å². The summed E-state index contributed by atoms with van der Waals surface area (Å²) >= 11 is 1.90. The van der Waals surface area contributed by atoms with Crippen LogP contribution in [0.15, 0.2) is 0 Å². The van der Waals surface area contributed by atoms with Crippen molar-refractivity contribution in [1.82, 2.24) is 4.90 Å². The van der Waals surface area contributed by atoms with Crippen LogP contribution < -0.4 is 0 Å². The van der Waals surface area contributed by atoms with Crippen molar-refractivity contribution < 1.29 is 5.11 Å². The van der Waals surface area contributed by atoms with E-state index in [4.69, 9.17) is 5.11 Å². The zero-order chi connectivity index (χ0) is 9.94. The van der Waals surface area contributed by atoms with E-state index in [9.17, 15) is 0 Å². The fourth-order valence-electron chi connectivity index (χ4n) is 1.21. The minimum absolute atomic E-state index is 0.350. The molecule has 0 aliphatic rings. The van der Waals surface area contributed by atoms with E-state index < -0.39 is 0 Å². The highest BCUT2D eigenvalue weighted by atomic mass is 32.2. The minimum Gasteiger partial charge on any atom is -0.396 e. The van der Waals surface area contributed by atoms with E-state index in [1.165, 1.54) is 38.1 Å². The lowest BCUT2D eigenvalue weighted by molar-refractivity contribution is 0.279. The third-order valence-corrected chi connectivity index (χ3v) is 2.72. The van der Waals surface area contributed by atoms with Crippen LogP contribution in [-0.2, 0) is 0 Å². The van der Waals surface area contributed by atoms with E-state index in [1.54, 1.807) is 0 Å². The van der Waals surface area contributed by atoms with E-state index in [1.807, 2.05) is 11.8 Å². The Kier molecular flexibility index (Phi) is 10.6. The molecular formula is C10H23NOS. The lowest BCUT2D eigenvalue weighted by atomic mass is 10.2. The Hall–Kier alpha value is 0.270. The van der Waals surface area contributed by atoms with Gasteiger partial charge in [0.2, 0.25) is 0 Å². The lowest BCUT2D eigenvalue weighted by Gasteiger charge is -2.15. The first-order valence-electron chi connectivity index (χ1n) is 5.09. The quantitative estimate of drug-likeness (QED) is 0.581. The number of aliphatic hydroxyl groups is 1. The van der Waals surface area contributed by atoms with Gasteiger partial charge in [0.1, 0.15) is 0 Å². The molecule has 0 aromatic heterocycles. The summed E-state index contributed by atoms with van der Waals surface area (Å²) in [4.78, 5) is 2.38. The maximum Gasteiger partial charge on any atom is 0.0431 e. The third-order valence-electron chi connectivity index (χ3n) is 2.13. The normalized spacial score (nSPS) is 11.1. The van der Waals surface area contributed by atoms with Gasteiger partial charge >= 0.3 is 0 Å². The molecular weight excluding hydrogens is 182 g/mol. The van der Waals surface area contributed by atoms with Crippen molar-refractivity contribution in [1.29, 1.82) is 0 Å². The zero-order valence-corrected chi connectivity index (χ0v) is 9.78. The van der Waals surface area contributed by atoms with Crippen molar-refractivity contribution >= 4 is 11.8 Å². The number of nitrogens with zero attached hydrogens (tertiary/aromatic N) is 1. The summed E-state index contributed by atoms with van der Waals surface area (Å²) in [5, 5.41) is 8.58. The second-order valence-corrected chi connectivity index (χ2v) is 4.42. The fourth-order valence-corrected chi connectivity index (χ4v) is 1.70. The monoisotopic (exact) mass is 205 g/mol. The Labute approximate surface area is 86.7 Å². The van der Waals surface area contributed by atoms with Gasteiger partial charge in [0.25, 0.3) is 0 Å². The third kappa shape index (κ3) is 10.2. The van der Waals surface area contributed by atoms with Crippen molar-refractivity contribution in [3.8, 4) is 0 Å². The Morgan fingerprint density at radius 2 is 1.77 bits per heavy atom. The Balaban J connectivity index is 3.03. The highest BCUT2D eigenvalue weighted by molar-refractivity contribution is 7.98. The molecule has 3 heteroatoms. The highest BCUT2D eigenvalue weighted by Gasteiger charge is 1.96. The molecule has 0 saturated heterocycles. The van der Waals surface area contributed by atoms with Crippen LogP contribution >= 0.6 is 11.8 Å². The summed E-state index contributed by atoms with van der Waals surface area (Å²) in [5.74, 6) is 1.23. The summed E-state index contributed by atoms with van der Waals surface area (Å²) in [6.45, 7) is 2.75. The molecule has 0 saturated carbocycles. The zero-order valence-electron chi connectivity index (χ0n) is 8.96. The molecule has 0 atom stereocenters. The number of hydrogen-bond acceptors (Lipinski definition) is 3. The van der Waals surface area contributed by atoms with Gasteiger partial charge in [-0.1, -0.05) is 12.8 Å². The molecule has 0 aromatic rings. The molecule has 0 spiro atoms. The molecule has 0 rings (SSSR count). The molecule has 0 heterocycles. The molecule has 0 fully saturated rings. The van der Waals surface area contributed by atoms with Gasteiger partial charge in [-0.05, 0) is 32.7 Å². The first-order chi connectivity index (χ1) is 6.31. The summed E-state index contributed by atoms with van der Waals surface area (Å²) < 4.78 is 0. The second kappa shape index (κ2) is 10.4. The van der Waals surface area contributed by atoms with Crippen molar-refractivity contribution in [2.45, 2.75) is 25.7 Å². The van der Waals surface area contributed by atoms with Crippen molar-refractivity contribution in [2.75, 3.05) is 38.8 Å². The van der Waals surface area contributed by atoms with Crippen LogP contribution in [0.25, 0.3) is 0 Å². The molecule has 13 heavy (non-hydrogen) atoms. The van der Waals surface area contributed by atoms with E-state index in [2.05, 4.69) is 18.2 Å². The molecule has 0 bridgehead atoms. The van der Waals surface area contributed by atoms with Crippen LogP contribution in [0, 0.1) is 0 Å². The van der Waals surface area contributed by atoms with Gasteiger partial charge in [0, 0.05) is 18.9 Å². The van der Waals surface area contributed by atoms with Gasteiger partial charge in [0.15, 0.2) is 0 Å². The smallest absolute Gasteiger partial charge is 0.0431 e. The van der Waals surface area contributed by atoms with Gasteiger partial charge in [-0.15, -0.1) is 0 Å². The topological polar surface area (TPSA) is 23.5 Å². The summed E-state index contributed by atoms with van der Waals surface area (Å²) in [6.07, 6.45) is 6.81. The van der Waals surface area contributed by atoms with Crippen LogP contribution in [-0.4, -0.2) is 48.8 Å². The minimum atomic E-state index is 0.350. The number of rotatable bonds is 9. The predicted molar refractivity (Wildman–Crippen MR) is 61.4 cm³/mol. The second-order valence-electron chi connectivity index (χ2n) is 3.43. The first-order valence-corrected chi connectivity index (χ1v) is 6.49. The maximum absolute atomic E-state index is 8.58. The SMILES string of the molecule is CSCCN(C)CCCCCCO. The molecule has 80 valence electrons. The summed E-state index contributed by atoms with van der Waals surface area (Å²) in [5.41, 5.74) is 0. The van der Waals surface area contributed by atoms with Crippen LogP contribution in [0.4, 0.5) is 0 Å². The number of thioether (sulfide) groups is 1. The largest absolute Gasteiger partial charge is 0.396 e. The predicted octanol–water partition coefficient (Wildman–Crippen LogP) is 1.83. The molecule has 0 aromatic carbocycles. The highest BCUT2D eigenvalue weighted by Crippen LogP contribution is 2.01. The van der Waals surface area contributed by atoms with Gasteiger partial charge in [-0.25, -0.2) is 0 Å². The molecule has 2 nitrogen and oxygen atoms in total. The number of unbranched alkanes of at least 4 members (excludes halogenated alkanes) is 3. The van der Waals surface area contributed by atoms with E-state index in [0.717, 1.165) is 6.42 Å². The maximum atomic E-state index is 8.58. The first kappa shape index (κ1) is 13.3. The van der Waals surface area contributed by atoms with Crippen LogP contribution in [0.1, 0.15) is 25.7 Å². The average Bonchev–Trinajstić information content (AvgIpc) is 2.14. The van der Waals surface area contributed by atoms with Crippen LogP contribution in [0.2, 0.25) is 0 Å². The molecule has 0 aliphatic carbocycles. The van der Waals surface area contributed by atoms with Crippen LogP contribution in [0.3, 0.4) is 0 Å². The standard InChI is InChI=1S/C10H23NOS/c1-11(8-10-13-2)7-5-3-4-6-9-12/h12H,3-10H2,1-2H3. The average molecular weight is 205 g/mol. The molecule has 0 aliphatic heterocycles. The van der Waals surface area contributed by atoms with Crippen molar-refractivity contribution in [3.63, 3.8) is 0 Å². The van der Waals surface area contributed by atoms with Gasteiger partial charge in [0.05, 0.1) is 0 Å². The van der Waals surface area contributed by atoms with E-state index in [-0.39, 0.29) is 0 Å². The number of hydrogen-bond donors (Lipinski definition) is 1. The molecule has 0 unspecified atom stereocenters. The Morgan fingerprint density at radius 3 is 2.38 bits per heavy atom. The van der Waals surface area contributed by atoms with Crippen molar-refractivity contribution in [2.24, 2.45) is 0 Å². The fraction of sp³-hybridized carbons (Fsp3) is 1.00. The summed E-state index contributed by atoms with van der Waals surface area (Å²) in [6, 6.07) is 0. The Bertz CT molecular complexity index is 101. The molecule has 0 amide bonds. The number of aliphatic hydroxyl groups excluding tert-OH is 1. The van der Waals surface area contributed by atoms with Gasteiger partial charge in [-0.3, -0.25) is 0 Å². The molecule has 1 N–H and O–H groups in total. The molecule has 0 radical (unpaired) electrons. The summed E-state index contributed by atoms with van der Waals surface area (Å²) in [7, 11) is 2.18. The van der Waals surface area contributed by atoms with Gasteiger partial charge < -0.3 is 10.0 Å². The van der Waals surface area contributed by atoms with Gasteiger partial charge in [-0.2, -0.15) is 11.8 Å². The Morgan fingerprint density at radius 1 is 1.08 bits per heavy atom.